The second-order valence-electron chi connectivity index (χ2n) is 11.8. The van der Waals surface area contributed by atoms with Crippen LogP contribution < -0.4 is 14.2 Å². The Balaban J connectivity index is 1.21. The molecule has 0 saturated carbocycles. The van der Waals surface area contributed by atoms with Crippen LogP contribution in [0.5, 0.6) is 5.75 Å². The number of para-hydroxylation sites is 3. The third-order valence-corrected chi connectivity index (χ3v) is 9.98. The molecular weight excluding hydrogens is 504 g/mol. The van der Waals surface area contributed by atoms with Crippen LogP contribution in [0.3, 0.4) is 0 Å². The average Bonchev–Trinajstić information content (AvgIpc) is 3.30. The lowest BCUT2D eigenvalue weighted by atomic mass is 10.1. The Labute approximate surface area is 236 Å². The Bertz CT molecular complexity index is 1380. The summed E-state index contributed by atoms with van der Waals surface area (Å²) in [5.41, 5.74) is 3.53. The fourth-order valence-corrected chi connectivity index (χ4v) is 7.10. The number of thioether (sulfide) groups is 1. The van der Waals surface area contributed by atoms with Gasteiger partial charge in [-0.2, -0.15) is 4.57 Å². The molecule has 2 aromatic carbocycles. The smallest absolute Gasteiger partial charge is 0.213 e. The first-order valence-electron chi connectivity index (χ1n) is 14.4. The van der Waals surface area contributed by atoms with Crippen molar-refractivity contribution in [2.45, 2.75) is 26.3 Å². The highest BCUT2D eigenvalue weighted by Gasteiger charge is 2.46. The Morgan fingerprint density at radius 2 is 1.74 bits per heavy atom. The molecule has 204 valence electrons. The number of fused-ring (bicyclic) bond motifs is 5. The van der Waals surface area contributed by atoms with Crippen LogP contribution in [0.4, 0.5) is 5.69 Å². The summed E-state index contributed by atoms with van der Waals surface area (Å²) in [7, 11) is 2.44. The molecule has 6 nitrogen and oxygen atoms in total. The van der Waals surface area contributed by atoms with E-state index in [0.29, 0.717) is 0 Å². The summed E-state index contributed by atoms with van der Waals surface area (Å²) >= 11 is 1.39. The topological polar surface area (TPSA) is 33.4 Å². The molecule has 0 atom stereocenters. The monoisotopic (exact) mass is 545 g/mol. The van der Waals surface area contributed by atoms with Crippen molar-refractivity contribution in [2.24, 2.45) is 0 Å². The van der Waals surface area contributed by atoms with Gasteiger partial charge in [-0.15, -0.1) is 0 Å². The van der Waals surface area contributed by atoms with Gasteiger partial charge in [0.2, 0.25) is 11.4 Å². The molecule has 0 amide bonds. The van der Waals surface area contributed by atoms with Crippen LogP contribution in [0.1, 0.15) is 25.3 Å². The summed E-state index contributed by atoms with van der Waals surface area (Å²) in [6, 6.07) is 19.2. The van der Waals surface area contributed by atoms with Gasteiger partial charge in [0, 0.05) is 37.4 Å². The number of piperazine rings is 3. The normalized spacial score (nSPS) is 24.8. The number of anilines is 1. The molecule has 4 aliphatic heterocycles. The number of hydrogen-bond acceptors (Lipinski definition) is 4. The third kappa shape index (κ3) is 5.58. The number of hydrogen-bond donors (Lipinski definition) is 0. The summed E-state index contributed by atoms with van der Waals surface area (Å²) in [4.78, 5) is 13.6. The molecule has 3 saturated heterocycles. The van der Waals surface area contributed by atoms with E-state index in [2.05, 4.69) is 71.3 Å². The number of aromatic nitrogens is 1. The van der Waals surface area contributed by atoms with E-state index in [1.165, 1.54) is 89.4 Å². The minimum absolute atomic E-state index is 0.172. The predicted octanol–water partition coefficient (Wildman–Crippen LogP) is 4.68. The molecule has 3 fully saturated rings. The number of carbonyl (C=O) groups excluding carboxylic acids is 1. The lowest BCUT2D eigenvalue weighted by molar-refractivity contribution is -1.07. The molecule has 0 spiro atoms. The van der Waals surface area contributed by atoms with Gasteiger partial charge in [-0.25, -0.2) is 0 Å². The number of benzene rings is 2. The van der Waals surface area contributed by atoms with Crippen molar-refractivity contribution in [1.82, 2.24) is 0 Å². The van der Waals surface area contributed by atoms with E-state index in [9.17, 15) is 4.79 Å². The van der Waals surface area contributed by atoms with Crippen LogP contribution in [0.15, 0.2) is 66.7 Å². The quantitative estimate of drug-likeness (QED) is 0.222. The first-order valence-corrected chi connectivity index (χ1v) is 15.4. The Hall–Kier alpha value is -2.87. The molecule has 39 heavy (non-hydrogen) atoms. The van der Waals surface area contributed by atoms with Crippen LogP contribution >= 0.6 is 11.8 Å². The van der Waals surface area contributed by atoms with Crippen molar-refractivity contribution in [3.05, 3.63) is 72.2 Å². The highest BCUT2D eigenvalue weighted by atomic mass is 32.2. The number of ether oxygens (including phenoxy) is 1. The predicted molar refractivity (Wildman–Crippen MR) is 159 cm³/mol. The summed E-state index contributed by atoms with van der Waals surface area (Å²) in [5, 5.41) is 1.42. The maximum atomic E-state index is 11.4. The molecular formula is C32H41N4O2S+3. The van der Waals surface area contributed by atoms with E-state index < -0.39 is 0 Å². The van der Waals surface area contributed by atoms with Gasteiger partial charge in [-0.05, 0) is 30.2 Å². The van der Waals surface area contributed by atoms with Gasteiger partial charge >= 0.3 is 0 Å². The highest BCUT2D eigenvalue weighted by Crippen LogP contribution is 2.39. The number of rotatable bonds is 9. The van der Waals surface area contributed by atoms with Gasteiger partial charge in [0.15, 0.2) is 23.6 Å². The Morgan fingerprint density at radius 1 is 1.00 bits per heavy atom. The molecule has 0 aliphatic carbocycles. The average molecular weight is 546 g/mol. The van der Waals surface area contributed by atoms with Crippen molar-refractivity contribution in [1.29, 1.82) is 0 Å². The van der Waals surface area contributed by atoms with E-state index >= 15 is 0 Å². The van der Waals surface area contributed by atoms with Gasteiger partial charge in [0.1, 0.15) is 39.3 Å². The van der Waals surface area contributed by atoms with Crippen molar-refractivity contribution in [3.63, 3.8) is 0 Å². The van der Waals surface area contributed by atoms with Crippen LogP contribution in [-0.4, -0.2) is 79.2 Å². The first kappa shape index (κ1) is 26.4. The molecule has 3 aromatic rings. The van der Waals surface area contributed by atoms with Crippen LogP contribution in [0, 0.1) is 0 Å². The SMILES string of the molecule is CC(=O)SCCCN1/C(=C/c2cc[n+](CCC[N+]34CC[N+](C)(CC3)CC4)c3ccccc23)Oc2ccccc21. The lowest BCUT2D eigenvalue weighted by Gasteiger charge is -2.54. The highest BCUT2D eigenvalue weighted by molar-refractivity contribution is 8.13. The minimum Gasteiger partial charge on any atom is -0.439 e. The van der Waals surface area contributed by atoms with Crippen LogP contribution in [0.25, 0.3) is 17.0 Å². The van der Waals surface area contributed by atoms with Gasteiger partial charge in [-0.1, -0.05) is 36.0 Å². The number of carbonyl (C=O) groups is 1. The first-order chi connectivity index (χ1) is 18.9. The summed E-state index contributed by atoms with van der Waals surface area (Å²) < 4.78 is 11.4. The van der Waals surface area contributed by atoms with E-state index in [1.807, 2.05) is 12.1 Å². The van der Waals surface area contributed by atoms with Crippen molar-refractivity contribution >= 4 is 39.5 Å². The van der Waals surface area contributed by atoms with E-state index in [0.717, 1.165) is 42.6 Å². The van der Waals surface area contributed by atoms with Gasteiger partial charge in [-0.3, -0.25) is 4.79 Å². The van der Waals surface area contributed by atoms with Crippen molar-refractivity contribution < 1.29 is 23.1 Å². The number of quaternary nitrogens is 2. The zero-order chi connectivity index (χ0) is 26.9. The zero-order valence-electron chi connectivity index (χ0n) is 23.3. The second-order valence-corrected chi connectivity index (χ2v) is 13.0. The van der Waals surface area contributed by atoms with E-state index in [1.54, 1.807) is 6.92 Å². The number of aryl methyl sites for hydroxylation is 1. The maximum absolute atomic E-state index is 11.4. The maximum Gasteiger partial charge on any atom is 0.213 e. The summed E-state index contributed by atoms with van der Waals surface area (Å²) in [5.74, 6) is 2.55. The van der Waals surface area contributed by atoms with Gasteiger partial charge in [0.05, 0.1) is 31.1 Å². The van der Waals surface area contributed by atoms with Crippen LogP contribution in [-0.2, 0) is 11.3 Å². The van der Waals surface area contributed by atoms with Crippen molar-refractivity contribution in [3.8, 4) is 5.75 Å². The largest absolute Gasteiger partial charge is 0.439 e. The molecule has 5 heterocycles. The van der Waals surface area contributed by atoms with Gasteiger partial charge in [0.25, 0.3) is 0 Å². The minimum atomic E-state index is 0.172. The molecule has 7 heteroatoms. The summed E-state index contributed by atoms with van der Waals surface area (Å²) in [6.07, 6.45) is 6.56. The molecule has 7 rings (SSSR count). The fraction of sp³-hybridized carbons (Fsp3) is 0.438. The zero-order valence-corrected chi connectivity index (χ0v) is 24.2. The van der Waals surface area contributed by atoms with E-state index in [4.69, 9.17) is 4.74 Å². The molecule has 0 radical (unpaired) electrons. The van der Waals surface area contributed by atoms with Gasteiger partial charge < -0.3 is 18.6 Å². The fourth-order valence-electron chi connectivity index (χ4n) is 6.54. The van der Waals surface area contributed by atoms with Crippen LogP contribution in [0.2, 0.25) is 0 Å². The standard InChI is InChI=1S/C32H41N4O2S/c1-26(37)39-24-8-15-34-30-11-5-6-12-31(30)38-32(34)25-27-13-16-33(29-10-4-3-9-28(27)29)14-7-17-36-21-18-35(2,19-22-36)20-23-36/h3-6,9-13,16,25H,7-8,14-15,17-24H2,1-2H3/q+3. The molecule has 0 unspecified atom stereocenters. The Kier molecular flexibility index (Phi) is 7.40. The molecule has 2 bridgehead atoms. The Morgan fingerprint density at radius 3 is 2.54 bits per heavy atom. The lowest BCUT2D eigenvalue weighted by Crippen LogP contribution is -2.73. The number of likely N-dealkylation sites (N-methyl/N-ethyl adjacent to an activating group) is 1. The van der Waals surface area contributed by atoms with Crippen molar-refractivity contribution in [2.75, 3.05) is 70.1 Å². The summed E-state index contributed by atoms with van der Waals surface area (Å²) in [6.45, 7) is 12.9. The number of nitrogens with zero attached hydrogens (tertiary/aromatic N) is 4. The number of pyridine rings is 1. The molecule has 1 aromatic heterocycles. The van der Waals surface area contributed by atoms with E-state index in [-0.39, 0.29) is 5.12 Å². The second kappa shape index (κ2) is 11.0. The molecule has 4 aliphatic rings. The molecule has 0 N–H and O–H groups in total. The third-order valence-electron chi connectivity index (χ3n) is 9.08.